The predicted octanol–water partition coefficient (Wildman–Crippen LogP) is 8.13. The number of fused-ring (bicyclic) bond motifs is 2. The highest BCUT2D eigenvalue weighted by Gasteiger charge is 2.91. The van der Waals surface area contributed by atoms with E-state index in [1.807, 2.05) is 30.3 Å². The van der Waals surface area contributed by atoms with Gasteiger partial charge in [-0.25, -0.2) is 4.98 Å². The number of hydrogen-bond acceptors (Lipinski definition) is 2. The van der Waals surface area contributed by atoms with Crippen molar-refractivity contribution in [2.45, 2.75) is 67.9 Å². The van der Waals surface area contributed by atoms with E-state index in [4.69, 9.17) is 0 Å². The van der Waals surface area contributed by atoms with Crippen LogP contribution in [0, 0.1) is 0 Å². The van der Waals surface area contributed by atoms with Crippen molar-refractivity contribution in [3.63, 3.8) is 0 Å². The third-order valence-corrected chi connectivity index (χ3v) is 6.00. The summed E-state index contributed by atoms with van der Waals surface area (Å²) >= 11 is 0. The van der Waals surface area contributed by atoms with Gasteiger partial charge in [-0.15, -0.1) is 0 Å². The summed E-state index contributed by atoms with van der Waals surface area (Å²) in [7, 11) is 0. The summed E-state index contributed by atoms with van der Waals surface area (Å²) in [5.41, 5.74) is 1.25. The number of hydrogen-bond donors (Lipinski definition) is 1. The molecule has 0 atom stereocenters. The first-order valence-corrected chi connectivity index (χ1v) is 11.0. The molecule has 1 N–H and O–H groups in total. The quantitative estimate of drug-likeness (QED) is 0.183. The second-order valence-corrected chi connectivity index (χ2v) is 8.75. The first kappa shape index (κ1) is 30.5. The third-order valence-electron chi connectivity index (χ3n) is 6.00. The van der Waals surface area contributed by atoms with E-state index in [1.54, 1.807) is 6.07 Å². The molecule has 0 bridgehead atoms. The number of H-pyrrole nitrogens is 1. The molecule has 0 saturated heterocycles. The van der Waals surface area contributed by atoms with Crippen molar-refractivity contribution in [1.29, 1.82) is 0 Å². The average Bonchev–Trinajstić information content (AvgIpc) is 3.22. The molecule has 3 aromatic rings. The van der Waals surface area contributed by atoms with E-state index in [-0.39, 0.29) is 19.3 Å². The van der Waals surface area contributed by atoms with Crippen LogP contribution in [-0.4, -0.2) is 51.5 Å². The molecule has 3 rings (SSSR count). The first-order chi connectivity index (χ1) is 17.7. The Morgan fingerprint density at radius 2 is 1.23 bits per heavy atom. The van der Waals surface area contributed by atoms with Crippen LogP contribution in [-0.2, 0) is 11.2 Å². The minimum atomic E-state index is -8.02. The molecule has 16 heteroatoms. The lowest BCUT2D eigenvalue weighted by atomic mass is 9.91. The van der Waals surface area contributed by atoms with E-state index in [0.29, 0.717) is 16.9 Å². The molecule has 0 aliphatic carbocycles. The molecule has 0 fully saturated rings. The molecule has 0 saturated carbocycles. The van der Waals surface area contributed by atoms with Crippen molar-refractivity contribution in [3.8, 4) is 0 Å². The van der Waals surface area contributed by atoms with Crippen molar-refractivity contribution < 1.29 is 61.9 Å². The molecule has 0 unspecified atom stereocenters. The van der Waals surface area contributed by atoms with Crippen molar-refractivity contribution >= 4 is 27.6 Å². The second kappa shape index (κ2) is 9.84. The van der Waals surface area contributed by atoms with Gasteiger partial charge in [0, 0.05) is 12.8 Å². The van der Waals surface area contributed by atoms with Gasteiger partial charge in [0.2, 0.25) is 5.78 Å². The molecule has 3 nitrogen and oxygen atoms in total. The molecule has 39 heavy (non-hydrogen) atoms. The maximum Gasteiger partial charge on any atom is 0.460 e. The zero-order valence-corrected chi connectivity index (χ0v) is 19.3. The highest BCUT2D eigenvalue weighted by Crippen LogP contribution is 2.60. The Balaban J connectivity index is 1.62. The Kier molecular flexibility index (Phi) is 7.69. The number of rotatable bonds is 11. The van der Waals surface area contributed by atoms with Gasteiger partial charge in [-0.3, -0.25) is 4.79 Å². The zero-order chi connectivity index (χ0) is 29.7. The van der Waals surface area contributed by atoms with E-state index in [0.717, 1.165) is 10.8 Å². The highest BCUT2D eigenvalue weighted by atomic mass is 19.4. The topological polar surface area (TPSA) is 45.8 Å². The van der Waals surface area contributed by atoms with Crippen LogP contribution in [0.1, 0.15) is 31.5 Å². The van der Waals surface area contributed by atoms with Gasteiger partial charge in [-0.05, 0) is 35.7 Å². The number of aromatic amines is 1. The van der Waals surface area contributed by atoms with Crippen LogP contribution < -0.4 is 0 Å². The van der Waals surface area contributed by atoms with Gasteiger partial charge in [0.05, 0.1) is 11.0 Å². The number of carbonyl (C=O) groups excluding carboxylic acids is 1. The number of ketones is 1. The number of halogens is 13. The summed E-state index contributed by atoms with van der Waals surface area (Å²) in [6, 6.07) is 10.9. The smallest absolute Gasteiger partial charge is 0.342 e. The number of imidazole rings is 1. The van der Waals surface area contributed by atoms with Crippen LogP contribution in [0.4, 0.5) is 57.1 Å². The lowest BCUT2D eigenvalue weighted by molar-refractivity contribution is -0.436. The Labute approximate surface area is 210 Å². The van der Waals surface area contributed by atoms with Gasteiger partial charge >= 0.3 is 35.8 Å². The number of aryl methyl sites for hydroxylation is 1. The standard InChI is InChI=1S/C23H17F13N2O/c24-18(25,19(26,27)20(28,29)21(30,31)22(32,33)23(34,35)36)16(39)8-2-1-3-9-17-37-14-10-12-6-4-5-7-13(12)11-15(14)38-17/h4-7,10-11H,1-3,8-9H2,(H,37,38). The number of nitrogens with one attached hydrogen (secondary N) is 1. The fourth-order valence-corrected chi connectivity index (χ4v) is 3.72. The normalized spacial score (nSPS) is 14.4. The minimum absolute atomic E-state index is 0.112. The van der Waals surface area contributed by atoms with Crippen LogP contribution in [0.25, 0.3) is 21.8 Å². The highest BCUT2D eigenvalue weighted by molar-refractivity contribution is 5.95. The third kappa shape index (κ3) is 5.01. The molecule has 0 aliphatic rings. The predicted molar refractivity (Wildman–Crippen MR) is 112 cm³/mol. The lowest BCUT2D eigenvalue weighted by Crippen LogP contribution is -2.71. The Bertz CT molecular complexity index is 1290. The van der Waals surface area contributed by atoms with E-state index >= 15 is 0 Å². The van der Waals surface area contributed by atoms with Crippen LogP contribution >= 0.6 is 0 Å². The molecule has 1 aromatic heterocycles. The molecular formula is C23H17F13N2O. The molecule has 2 aromatic carbocycles. The van der Waals surface area contributed by atoms with Gasteiger partial charge in [-0.1, -0.05) is 30.7 Å². The fraction of sp³-hybridized carbons (Fsp3) is 0.478. The number of nitrogens with zero attached hydrogens (tertiary/aromatic N) is 1. The van der Waals surface area contributed by atoms with Crippen molar-refractivity contribution in [1.82, 2.24) is 9.97 Å². The Hall–Kier alpha value is -3.07. The Morgan fingerprint density at radius 3 is 1.79 bits per heavy atom. The van der Waals surface area contributed by atoms with Gasteiger partial charge < -0.3 is 4.98 Å². The van der Waals surface area contributed by atoms with Gasteiger partial charge in [0.1, 0.15) is 5.82 Å². The molecule has 0 radical (unpaired) electrons. The average molecular weight is 584 g/mol. The number of benzene rings is 2. The molecule has 1 heterocycles. The van der Waals surface area contributed by atoms with Crippen molar-refractivity contribution in [2.24, 2.45) is 0 Å². The fourth-order valence-electron chi connectivity index (χ4n) is 3.72. The second-order valence-electron chi connectivity index (χ2n) is 8.75. The largest absolute Gasteiger partial charge is 0.460 e. The van der Waals surface area contributed by atoms with Gasteiger partial charge in [-0.2, -0.15) is 57.1 Å². The van der Waals surface area contributed by atoms with Crippen LogP contribution in [0.5, 0.6) is 0 Å². The van der Waals surface area contributed by atoms with E-state index < -0.39 is 54.4 Å². The molecule has 0 amide bonds. The SMILES string of the molecule is O=C(CCCCCc1nc2cc3ccccc3cc2[nH]1)C(F)(F)C(F)(F)C(F)(F)C(F)(F)C(F)(F)C(F)(F)F. The summed E-state index contributed by atoms with van der Waals surface area (Å²) in [4.78, 5) is 18.9. The summed E-state index contributed by atoms with van der Waals surface area (Å²) in [6.07, 6.45) is -9.59. The molecule has 0 aliphatic heterocycles. The van der Waals surface area contributed by atoms with Crippen LogP contribution in [0.15, 0.2) is 36.4 Å². The Morgan fingerprint density at radius 1 is 0.692 bits per heavy atom. The number of alkyl halides is 13. The van der Waals surface area contributed by atoms with E-state index in [9.17, 15) is 61.9 Å². The van der Waals surface area contributed by atoms with Crippen molar-refractivity contribution in [3.05, 3.63) is 42.2 Å². The number of Topliss-reactive ketones (excluding diaryl/α,β-unsaturated/α-hetero) is 1. The number of carbonyl (C=O) groups is 1. The summed E-state index contributed by atoms with van der Waals surface area (Å²) in [5.74, 6) is -40.7. The van der Waals surface area contributed by atoms with Crippen molar-refractivity contribution in [2.75, 3.05) is 0 Å². The van der Waals surface area contributed by atoms with E-state index in [1.165, 1.54) is 0 Å². The monoisotopic (exact) mass is 584 g/mol. The summed E-state index contributed by atoms with van der Waals surface area (Å²) < 4.78 is 171. The zero-order valence-electron chi connectivity index (χ0n) is 19.3. The van der Waals surface area contributed by atoms with Gasteiger partial charge in [0.25, 0.3) is 0 Å². The molecular weight excluding hydrogens is 567 g/mol. The molecule has 216 valence electrons. The number of unbranched alkanes of at least 4 members (excludes halogenated alkanes) is 2. The minimum Gasteiger partial charge on any atom is -0.342 e. The van der Waals surface area contributed by atoms with Crippen LogP contribution in [0.3, 0.4) is 0 Å². The first-order valence-electron chi connectivity index (χ1n) is 11.0. The summed E-state index contributed by atoms with van der Waals surface area (Å²) in [5, 5.41) is 1.80. The van der Waals surface area contributed by atoms with Gasteiger partial charge in [0.15, 0.2) is 0 Å². The molecule has 0 spiro atoms. The van der Waals surface area contributed by atoms with E-state index in [2.05, 4.69) is 9.97 Å². The maximum absolute atomic E-state index is 13.9. The lowest BCUT2D eigenvalue weighted by Gasteiger charge is -2.39. The maximum atomic E-state index is 13.9. The summed E-state index contributed by atoms with van der Waals surface area (Å²) in [6.45, 7) is 0. The van der Waals surface area contributed by atoms with Crippen LogP contribution in [0.2, 0.25) is 0 Å². The number of aromatic nitrogens is 2.